The number of aryl methyl sites for hydroxylation is 1. The maximum Gasteiger partial charge on any atom is 0.123 e. The molecule has 2 heterocycles. The van der Waals surface area contributed by atoms with Crippen molar-refractivity contribution in [1.82, 2.24) is 15.0 Å². The van der Waals surface area contributed by atoms with Gasteiger partial charge in [-0.3, -0.25) is 4.98 Å². The molecule has 4 heteroatoms. The van der Waals surface area contributed by atoms with Gasteiger partial charge in [0.25, 0.3) is 0 Å². The summed E-state index contributed by atoms with van der Waals surface area (Å²) in [6, 6.07) is 3.63. The van der Waals surface area contributed by atoms with E-state index in [9.17, 15) is 0 Å². The standard InChI is InChI=1S/C10H10N4.C4H10/c1-7-4-12-6-9(14-7)8-2-3-10(11)13-5-8;1-3-4-2/h2-6H,1H3,(H2,11,13);3-4H2,1-2H3. The zero-order valence-corrected chi connectivity index (χ0v) is 11.2. The van der Waals surface area contributed by atoms with E-state index in [0.29, 0.717) is 5.82 Å². The summed E-state index contributed by atoms with van der Waals surface area (Å²) >= 11 is 0. The monoisotopic (exact) mass is 244 g/mol. The Balaban J connectivity index is 0.000000357. The molecule has 0 bridgehead atoms. The number of aromatic nitrogens is 3. The SMILES string of the molecule is CCCC.Cc1cncc(-c2ccc(N)nc2)n1. The van der Waals surface area contributed by atoms with Crippen LogP contribution in [0, 0.1) is 6.92 Å². The fraction of sp³-hybridized carbons (Fsp3) is 0.357. The number of pyridine rings is 1. The number of nitrogen functional groups attached to an aromatic ring is 1. The van der Waals surface area contributed by atoms with Gasteiger partial charge < -0.3 is 5.73 Å². The summed E-state index contributed by atoms with van der Waals surface area (Å²) in [5, 5.41) is 0. The average Bonchev–Trinajstić information content (AvgIpc) is 2.40. The molecule has 0 aliphatic carbocycles. The molecule has 2 N–H and O–H groups in total. The molecule has 2 aromatic heterocycles. The number of rotatable bonds is 2. The minimum atomic E-state index is 0.509. The highest BCUT2D eigenvalue weighted by molar-refractivity contribution is 5.58. The first kappa shape index (κ1) is 14.1. The van der Waals surface area contributed by atoms with Crippen molar-refractivity contribution in [3.8, 4) is 11.3 Å². The van der Waals surface area contributed by atoms with Gasteiger partial charge in [-0.2, -0.15) is 0 Å². The second-order valence-electron chi connectivity index (χ2n) is 4.02. The number of hydrogen-bond acceptors (Lipinski definition) is 4. The van der Waals surface area contributed by atoms with Gasteiger partial charge in [0.15, 0.2) is 0 Å². The third-order valence-electron chi connectivity index (χ3n) is 2.34. The lowest BCUT2D eigenvalue weighted by atomic mass is 10.2. The molecule has 4 nitrogen and oxygen atoms in total. The molecule has 0 unspecified atom stereocenters. The summed E-state index contributed by atoms with van der Waals surface area (Å²) in [6.07, 6.45) is 7.76. The number of nitrogens with two attached hydrogens (primary N) is 1. The Morgan fingerprint density at radius 2 is 1.78 bits per heavy atom. The van der Waals surface area contributed by atoms with E-state index in [2.05, 4.69) is 28.8 Å². The summed E-state index contributed by atoms with van der Waals surface area (Å²) in [4.78, 5) is 12.4. The topological polar surface area (TPSA) is 64.7 Å². The predicted octanol–water partition coefficient (Wildman–Crippen LogP) is 3.24. The fourth-order valence-electron chi connectivity index (χ4n) is 1.16. The van der Waals surface area contributed by atoms with E-state index < -0.39 is 0 Å². The first-order chi connectivity index (χ1) is 8.67. The Morgan fingerprint density at radius 1 is 1.06 bits per heavy atom. The van der Waals surface area contributed by atoms with Gasteiger partial charge in [-0.25, -0.2) is 9.97 Å². The fourth-order valence-corrected chi connectivity index (χ4v) is 1.16. The van der Waals surface area contributed by atoms with E-state index in [-0.39, 0.29) is 0 Å². The molecule has 0 spiro atoms. The van der Waals surface area contributed by atoms with Crippen LogP contribution in [0.2, 0.25) is 0 Å². The van der Waals surface area contributed by atoms with E-state index in [1.807, 2.05) is 13.0 Å². The average molecular weight is 244 g/mol. The third-order valence-corrected chi connectivity index (χ3v) is 2.34. The minimum absolute atomic E-state index is 0.509. The van der Waals surface area contributed by atoms with Gasteiger partial charge in [-0.05, 0) is 19.1 Å². The number of unbranched alkanes of at least 4 members (excludes halogenated alkanes) is 1. The first-order valence-electron chi connectivity index (χ1n) is 6.18. The van der Waals surface area contributed by atoms with Gasteiger partial charge in [0.2, 0.25) is 0 Å². The van der Waals surface area contributed by atoms with Crippen LogP contribution in [0.3, 0.4) is 0 Å². The van der Waals surface area contributed by atoms with E-state index in [1.165, 1.54) is 12.8 Å². The molecule has 0 atom stereocenters. The van der Waals surface area contributed by atoms with Crippen LogP contribution in [-0.4, -0.2) is 15.0 Å². The number of nitrogens with zero attached hydrogens (tertiary/aromatic N) is 3. The van der Waals surface area contributed by atoms with Gasteiger partial charge in [-0.1, -0.05) is 26.7 Å². The molecule has 18 heavy (non-hydrogen) atoms. The minimum Gasteiger partial charge on any atom is -0.384 e. The van der Waals surface area contributed by atoms with Crippen LogP contribution in [-0.2, 0) is 0 Å². The summed E-state index contributed by atoms with van der Waals surface area (Å²) in [5.41, 5.74) is 8.12. The second-order valence-corrected chi connectivity index (χ2v) is 4.02. The van der Waals surface area contributed by atoms with Crippen LogP contribution in [0.5, 0.6) is 0 Å². The van der Waals surface area contributed by atoms with Gasteiger partial charge >= 0.3 is 0 Å². The van der Waals surface area contributed by atoms with E-state index in [0.717, 1.165) is 17.0 Å². The van der Waals surface area contributed by atoms with Crippen LogP contribution in [0.15, 0.2) is 30.7 Å². The van der Waals surface area contributed by atoms with Gasteiger partial charge in [0.05, 0.1) is 17.6 Å². The van der Waals surface area contributed by atoms with Crippen LogP contribution in [0.1, 0.15) is 32.4 Å². The molecule has 0 radical (unpaired) electrons. The van der Waals surface area contributed by atoms with Crippen molar-refractivity contribution in [3.63, 3.8) is 0 Å². The second kappa shape index (κ2) is 7.37. The third kappa shape index (κ3) is 4.49. The molecule has 96 valence electrons. The predicted molar refractivity (Wildman–Crippen MR) is 75.0 cm³/mol. The zero-order valence-electron chi connectivity index (χ0n) is 11.2. The summed E-state index contributed by atoms with van der Waals surface area (Å²) in [6.45, 7) is 6.27. The van der Waals surface area contributed by atoms with Crippen molar-refractivity contribution in [2.45, 2.75) is 33.6 Å². The van der Waals surface area contributed by atoms with Gasteiger partial charge in [-0.15, -0.1) is 0 Å². The van der Waals surface area contributed by atoms with Crippen molar-refractivity contribution < 1.29 is 0 Å². The Hall–Kier alpha value is -1.97. The molecular formula is C14H20N4. The van der Waals surface area contributed by atoms with Crippen LogP contribution < -0.4 is 5.73 Å². The molecule has 0 amide bonds. The number of hydrogen-bond donors (Lipinski definition) is 1. The first-order valence-corrected chi connectivity index (χ1v) is 6.18. The van der Waals surface area contributed by atoms with E-state index in [1.54, 1.807) is 24.7 Å². The van der Waals surface area contributed by atoms with Crippen molar-refractivity contribution in [2.24, 2.45) is 0 Å². The zero-order chi connectivity index (χ0) is 13.4. The molecule has 0 aliphatic heterocycles. The quantitative estimate of drug-likeness (QED) is 0.880. The smallest absolute Gasteiger partial charge is 0.123 e. The Kier molecular flexibility index (Phi) is 5.77. The Morgan fingerprint density at radius 3 is 2.28 bits per heavy atom. The number of anilines is 1. The summed E-state index contributed by atoms with van der Waals surface area (Å²) in [5.74, 6) is 0.509. The van der Waals surface area contributed by atoms with Gasteiger partial charge in [0.1, 0.15) is 5.82 Å². The Labute approximate surface area is 108 Å². The normalized spacial score (nSPS) is 9.50. The van der Waals surface area contributed by atoms with Crippen molar-refractivity contribution in [3.05, 3.63) is 36.4 Å². The highest BCUT2D eigenvalue weighted by Crippen LogP contribution is 2.15. The van der Waals surface area contributed by atoms with Crippen molar-refractivity contribution >= 4 is 5.82 Å². The maximum absolute atomic E-state index is 5.49. The lowest BCUT2D eigenvalue weighted by Crippen LogP contribution is -1.92. The molecule has 0 aliphatic rings. The lowest BCUT2D eigenvalue weighted by molar-refractivity contribution is 0.886. The molecule has 2 rings (SSSR count). The highest BCUT2D eigenvalue weighted by atomic mass is 14.8. The van der Waals surface area contributed by atoms with Crippen LogP contribution in [0.25, 0.3) is 11.3 Å². The summed E-state index contributed by atoms with van der Waals surface area (Å²) < 4.78 is 0. The molecule has 0 aromatic carbocycles. The lowest BCUT2D eigenvalue weighted by Gasteiger charge is -2.00. The van der Waals surface area contributed by atoms with E-state index >= 15 is 0 Å². The van der Waals surface area contributed by atoms with E-state index in [4.69, 9.17) is 5.73 Å². The highest BCUT2D eigenvalue weighted by Gasteiger charge is 1.99. The molecule has 0 saturated heterocycles. The molecule has 0 fully saturated rings. The molecular weight excluding hydrogens is 224 g/mol. The van der Waals surface area contributed by atoms with Crippen molar-refractivity contribution in [1.29, 1.82) is 0 Å². The van der Waals surface area contributed by atoms with Gasteiger partial charge in [0, 0.05) is 18.0 Å². The summed E-state index contributed by atoms with van der Waals surface area (Å²) in [7, 11) is 0. The Bertz CT molecular complexity index is 463. The molecule has 2 aromatic rings. The molecule has 0 saturated carbocycles. The van der Waals surface area contributed by atoms with Crippen LogP contribution in [0.4, 0.5) is 5.82 Å². The maximum atomic E-state index is 5.49. The largest absolute Gasteiger partial charge is 0.384 e. The van der Waals surface area contributed by atoms with Crippen LogP contribution >= 0.6 is 0 Å². The van der Waals surface area contributed by atoms with Crippen molar-refractivity contribution in [2.75, 3.05) is 5.73 Å².